The third-order valence-corrected chi connectivity index (χ3v) is 8.04. The Morgan fingerprint density at radius 2 is 1.95 bits per heavy atom. The van der Waals surface area contributed by atoms with Crippen LogP contribution in [-0.2, 0) is 30.3 Å². The number of barbiturate groups is 1. The van der Waals surface area contributed by atoms with E-state index in [1.807, 2.05) is 0 Å². The van der Waals surface area contributed by atoms with Gasteiger partial charge in [0, 0.05) is 33.8 Å². The van der Waals surface area contributed by atoms with Gasteiger partial charge in [-0.05, 0) is 25.5 Å². The van der Waals surface area contributed by atoms with Gasteiger partial charge in [-0.25, -0.2) is 9.18 Å². The molecular formula is C25H27FN8O7. The van der Waals surface area contributed by atoms with Crippen LogP contribution in [0.3, 0.4) is 0 Å². The van der Waals surface area contributed by atoms with Gasteiger partial charge in [0.25, 0.3) is 5.91 Å². The number of halogens is 1. The lowest BCUT2D eigenvalue weighted by Crippen LogP contribution is -2.75. The van der Waals surface area contributed by atoms with Crippen LogP contribution in [0.4, 0.5) is 20.7 Å². The van der Waals surface area contributed by atoms with E-state index in [9.17, 15) is 19.2 Å². The second kappa shape index (κ2) is 9.31. The Balaban J connectivity index is 1.54. The molecule has 0 radical (unpaired) electrons. The summed E-state index contributed by atoms with van der Waals surface area (Å²) in [6.45, 7) is 6.81. The zero-order valence-electron chi connectivity index (χ0n) is 22.6. The van der Waals surface area contributed by atoms with Crippen LogP contribution in [-0.4, -0.2) is 98.2 Å². The first-order chi connectivity index (χ1) is 19.5. The van der Waals surface area contributed by atoms with Crippen LogP contribution in [0.5, 0.6) is 0 Å². The summed E-state index contributed by atoms with van der Waals surface area (Å²) in [4.78, 5) is 58.8. The lowest BCUT2D eigenvalue weighted by Gasteiger charge is -2.55. The third-order valence-electron chi connectivity index (χ3n) is 8.04. The van der Waals surface area contributed by atoms with Crippen molar-refractivity contribution in [2.75, 3.05) is 37.0 Å². The molecule has 0 bridgehead atoms. The van der Waals surface area contributed by atoms with E-state index in [1.54, 1.807) is 31.9 Å². The first kappa shape index (κ1) is 26.8. The third kappa shape index (κ3) is 3.66. The highest BCUT2D eigenvalue weighted by Crippen LogP contribution is 2.50. The molecule has 0 unspecified atom stereocenters. The number of ether oxygens (including phenoxy) is 2. The average Bonchev–Trinajstić information content (AvgIpc) is 3.50. The molecule has 2 N–H and O–H groups in total. The van der Waals surface area contributed by atoms with E-state index in [0.717, 1.165) is 0 Å². The molecule has 0 aliphatic carbocycles. The van der Waals surface area contributed by atoms with E-state index in [-0.39, 0.29) is 59.5 Å². The molecule has 41 heavy (non-hydrogen) atoms. The molecule has 5 heterocycles. The number of morpholine rings is 1. The number of nitrogens with zero attached hydrogens (tertiary/aromatic N) is 6. The van der Waals surface area contributed by atoms with Gasteiger partial charge in [0.2, 0.25) is 17.4 Å². The molecule has 3 saturated heterocycles. The quantitative estimate of drug-likeness (QED) is 0.224. The second-order valence-corrected chi connectivity index (χ2v) is 10.4. The summed E-state index contributed by atoms with van der Waals surface area (Å²) in [6, 6.07) is -0.327. The van der Waals surface area contributed by atoms with Crippen LogP contribution in [0.25, 0.3) is 11.0 Å². The van der Waals surface area contributed by atoms with E-state index in [1.165, 1.54) is 17.0 Å². The molecule has 3 fully saturated rings. The Hall–Kier alpha value is -4.44. The summed E-state index contributed by atoms with van der Waals surface area (Å²) < 4.78 is 33.5. The average molecular weight is 571 g/mol. The first-order valence-corrected chi connectivity index (χ1v) is 12.8. The van der Waals surface area contributed by atoms with Crippen LogP contribution in [0, 0.1) is 11.2 Å². The van der Waals surface area contributed by atoms with Crippen LogP contribution < -0.4 is 20.4 Å². The van der Waals surface area contributed by atoms with Crippen molar-refractivity contribution in [3.8, 4) is 0 Å². The number of amides is 5. The normalized spacial score (nSPS) is 27.6. The predicted octanol–water partition coefficient (Wildman–Crippen LogP) is 0.123. The largest absolute Gasteiger partial charge is 0.372 e. The number of hydrazone groups is 1. The number of benzene rings is 1. The lowest BCUT2D eigenvalue weighted by atomic mass is 9.66. The summed E-state index contributed by atoms with van der Waals surface area (Å²) >= 11 is 0. The van der Waals surface area contributed by atoms with Crippen molar-refractivity contribution < 1.29 is 37.6 Å². The molecule has 1 aromatic heterocycles. The number of imide groups is 2. The lowest BCUT2D eigenvalue weighted by molar-refractivity contribution is -0.153. The maximum absolute atomic E-state index is 16.4. The van der Waals surface area contributed by atoms with E-state index in [0.29, 0.717) is 0 Å². The van der Waals surface area contributed by atoms with Crippen LogP contribution in [0.15, 0.2) is 20.7 Å². The first-order valence-electron chi connectivity index (χ1n) is 12.8. The number of urea groups is 1. The van der Waals surface area contributed by atoms with Crippen molar-refractivity contribution in [1.82, 2.24) is 20.8 Å². The topological polar surface area (TPSA) is 171 Å². The summed E-state index contributed by atoms with van der Waals surface area (Å²) in [6.07, 6.45) is -2.37. The smallest absolute Gasteiger partial charge is 0.328 e. The minimum atomic E-state index is -1.81. The number of hydrogen-bond acceptors (Lipinski definition) is 11. The minimum Gasteiger partial charge on any atom is -0.372 e. The zero-order chi connectivity index (χ0) is 29.4. The van der Waals surface area contributed by atoms with Crippen LogP contribution >= 0.6 is 0 Å². The van der Waals surface area contributed by atoms with Gasteiger partial charge in [0.1, 0.15) is 6.61 Å². The van der Waals surface area contributed by atoms with Crippen molar-refractivity contribution in [1.29, 1.82) is 0 Å². The van der Waals surface area contributed by atoms with E-state index < -0.39 is 53.4 Å². The van der Waals surface area contributed by atoms with Crippen molar-refractivity contribution in [2.24, 2.45) is 15.5 Å². The van der Waals surface area contributed by atoms with E-state index in [4.69, 9.17) is 14.0 Å². The Bertz CT molecular complexity index is 1540. The summed E-state index contributed by atoms with van der Waals surface area (Å²) in [7, 11) is 3.06. The van der Waals surface area contributed by atoms with Crippen molar-refractivity contribution in [3.05, 3.63) is 17.4 Å². The van der Waals surface area contributed by atoms with Gasteiger partial charge >= 0.3 is 6.03 Å². The maximum Gasteiger partial charge on any atom is 0.328 e. The molecule has 216 valence electrons. The number of rotatable bonds is 3. The molecule has 1 aromatic carbocycles. The highest BCUT2D eigenvalue weighted by molar-refractivity contribution is 6.20. The number of anilines is 2. The van der Waals surface area contributed by atoms with Gasteiger partial charge < -0.3 is 18.9 Å². The molecule has 1 spiro atoms. The molecular weight excluding hydrogens is 543 g/mol. The van der Waals surface area contributed by atoms with Crippen LogP contribution in [0.1, 0.15) is 19.4 Å². The van der Waals surface area contributed by atoms with Crippen molar-refractivity contribution in [3.63, 3.8) is 0 Å². The van der Waals surface area contributed by atoms with Gasteiger partial charge in [0.05, 0.1) is 29.3 Å². The fraction of sp³-hybridized carbons (Fsp3) is 0.480. The number of fused-ring (bicyclic) bond motifs is 5. The standard InChI is InChI=1S/C25H27FN8O7/c1-10-8-33-16-12(7-25(18(33)11(2)40-10)22(36)29-24(38)30-23(25)37)6-13-17(15(16)26)41-31-19(13)34-14(35)9-39-21(34)20(27-3)32(5)28-4/h6,10-11,18,21H,4,7-9H2,1-3,5H3,(H2,29,30,36,37,38)/b27-20-/t10-,11+,18-,21-/m1/s1. The van der Waals surface area contributed by atoms with Gasteiger partial charge in [-0.2, -0.15) is 5.10 Å². The Kier molecular flexibility index (Phi) is 6.07. The fourth-order valence-corrected chi connectivity index (χ4v) is 6.44. The number of nitrogens with one attached hydrogen (secondary N) is 2. The molecule has 2 aromatic rings. The molecule has 15 nitrogen and oxygen atoms in total. The highest BCUT2D eigenvalue weighted by Gasteiger charge is 2.63. The molecule has 0 saturated carbocycles. The number of carbonyl (C=O) groups is 4. The summed E-state index contributed by atoms with van der Waals surface area (Å²) in [5.74, 6) is -2.69. The zero-order valence-corrected chi connectivity index (χ0v) is 22.6. The highest BCUT2D eigenvalue weighted by atomic mass is 19.1. The Morgan fingerprint density at radius 1 is 1.24 bits per heavy atom. The van der Waals surface area contributed by atoms with Gasteiger partial charge in [-0.3, -0.25) is 39.9 Å². The van der Waals surface area contributed by atoms with Gasteiger partial charge in [-0.15, -0.1) is 0 Å². The monoisotopic (exact) mass is 570 g/mol. The predicted molar refractivity (Wildman–Crippen MR) is 141 cm³/mol. The molecule has 4 aliphatic heterocycles. The van der Waals surface area contributed by atoms with Gasteiger partial charge in [0.15, 0.2) is 29.1 Å². The van der Waals surface area contributed by atoms with Crippen molar-refractivity contribution >= 4 is 58.8 Å². The number of aliphatic imine (C=N–C) groups is 1. The summed E-state index contributed by atoms with van der Waals surface area (Å²) in [5, 5.41) is 13.7. The summed E-state index contributed by atoms with van der Waals surface area (Å²) in [5.41, 5.74) is -1.62. The fourth-order valence-electron chi connectivity index (χ4n) is 6.44. The number of hydrogen-bond donors (Lipinski definition) is 2. The number of amidine groups is 1. The van der Waals surface area contributed by atoms with Crippen molar-refractivity contribution in [2.45, 2.75) is 44.7 Å². The van der Waals surface area contributed by atoms with E-state index >= 15 is 4.39 Å². The second-order valence-electron chi connectivity index (χ2n) is 10.4. The Labute approximate surface area is 232 Å². The molecule has 6 rings (SSSR count). The van der Waals surface area contributed by atoms with Gasteiger partial charge in [-0.1, -0.05) is 5.16 Å². The number of likely N-dealkylation sites (N-methyl/N-ethyl adjacent to an activating group) is 1. The molecule has 16 heteroatoms. The molecule has 4 aliphatic rings. The minimum absolute atomic E-state index is 0.0413. The molecule has 4 atom stereocenters. The maximum atomic E-state index is 16.4. The SMILES string of the molecule is C=NN(C)/C(=N\C)[C@H]1OCC(=O)N1c1noc2c(F)c3c(cc12)CC1(C(=O)NC(=O)NC1=O)[C@H]1[C@H](C)O[C@H](C)CN31. The van der Waals surface area contributed by atoms with E-state index in [2.05, 4.69) is 32.6 Å². The molecule has 5 amide bonds. The number of aromatic nitrogens is 1. The van der Waals surface area contributed by atoms with Crippen LogP contribution in [0.2, 0.25) is 0 Å². The Morgan fingerprint density at radius 3 is 2.61 bits per heavy atom. The number of carbonyl (C=O) groups excluding carboxylic acids is 4.